The largest absolute Gasteiger partial charge is 0.508 e. The quantitative estimate of drug-likeness (QED) is 0.0998. The van der Waals surface area contributed by atoms with Gasteiger partial charge in [0.25, 0.3) is 0 Å². The van der Waals surface area contributed by atoms with Crippen molar-refractivity contribution >= 4 is 35.8 Å². The Kier molecular flexibility index (Phi) is 29.9. The molecular formula is C40H64N8O13. The van der Waals surface area contributed by atoms with Crippen molar-refractivity contribution < 1.29 is 64.5 Å². The molecule has 0 radical (unpaired) electrons. The number of nitrogens with zero attached hydrogens (tertiary/aromatic N) is 1. The van der Waals surface area contributed by atoms with Gasteiger partial charge in [-0.05, 0) is 67.3 Å². The normalized spacial score (nSPS) is 15.4. The van der Waals surface area contributed by atoms with Gasteiger partial charge in [-0.15, -0.1) is 0 Å². The second kappa shape index (κ2) is 31.9. The molecule has 342 valence electrons. The number of phenols is 1. The van der Waals surface area contributed by atoms with Crippen LogP contribution in [-0.2, 0) is 48.0 Å². The zero-order chi connectivity index (χ0) is 47.2. The van der Waals surface area contributed by atoms with Crippen molar-refractivity contribution in [2.24, 2.45) is 40.5 Å². The van der Waals surface area contributed by atoms with Crippen molar-refractivity contribution in [3.8, 4) is 5.75 Å². The number of carboxylic acid groups (broad SMARTS) is 6. The summed E-state index contributed by atoms with van der Waals surface area (Å²) in [6.45, 7) is 8.17. The van der Waals surface area contributed by atoms with E-state index in [4.69, 9.17) is 64.4 Å². The number of hydrogen-bond donors (Lipinski definition) is 14. The Morgan fingerprint density at radius 3 is 1.43 bits per heavy atom. The maximum absolute atomic E-state index is 10.4. The van der Waals surface area contributed by atoms with Gasteiger partial charge in [0.05, 0.1) is 6.33 Å². The molecule has 1 saturated heterocycles. The summed E-state index contributed by atoms with van der Waals surface area (Å²) in [7, 11) is 0. The molecule has 0 unspecified atom stereocenters. The van der Waals surface area contributed by atoms with Gasteiger partial charge in [0.1, 0.15) is 42.0 Å². The van der Waals surface area contributed by atoms with Crippen molar-refractivity contribution in [3.05, 3.63) is 83.9 Å². The van der Waals surface area contributed by atoms with Gasteiger partial charge >= 0.3 is 35.8 Å². The first-order valence-corrected chi connectivity index (χ1v) is 19.1. The third-order valence-electron chi connectivity index (χ3n) is 8.54. The predicted molar refractivity (Wildman–Crippen MR) is 225 cm³/mol. The molecule has 0 saturated carbocycles. The monoisotopic (exact) mass is 864 g/mol. The fourth-order valence-electron chi connectivity index (χ4n) is 4.33. The molecule has 21 heteroatoms. The van der Waals surface area contributed by atoms with Gasteiger partial charge in [-0.3, -0.25) is 28.8 Å². The first-order valence-electron chi connectivity index (χ1n) is 19.1. The summed E-state index contributed by atoms with van der Waals surface area (Å²) in [5, 5.41) is 62.2. The van der Waals surface area contributed by atoms with Crippen LogP contribution in [0.2, 0.25) is 0 Å². The number of nitrogens with one attached hydrogen (secondary N) is 2. The summed E-state index contributed by atoms with van der Waals surface area (Å²) >= 11 is 0. The van der Waals surface area contributed by atoms with E-state index in [0.717, 1.165) is 42.6 Å². The first-order chi connectivity index (χ1) is 28.4. The van der Waals surface area contributed by atoms with Gasteiger partial charge < -0.3 is 74.7 Å². The van der Waals surface area contributed by atoms with Gasteiger partial charge in [-0.25, -0.2) is 4.98 Å². The maximum atomic E-state index is 10.4. The average Bonchev–Trinajstić information content (AvgIpc) is 3.95. The van der Waals surface area contributed by atoms with Crippen molar-refractivity contribution in [2.45, 2.75) is 102 Å². The fourth-order valence-corrected chi connectivity index (χ4v) is 4.33. The Balaban J connectivity index is 0. The Morgan fingerprint density at radius 2 is 1.13 bits per heavy atom. The highest BCUT2D eigenvalue weighted by atomic mass is 16.4. The number of benzene rings is 2. The van der Waals surface area contributed by atoms with Crippen molar-refractivity contribution in [2.75, 3.05) is 6.54 Å². The topological polar surface area (TPSA) is 415 Å². The van der Waals surface area contributed by atoms with E-state index < -0.39 is 66.0 Å². The molecule has 1 aromatic heterocycles. The number of aliphatic carboxylic acids is 6. The van der Waals surface area contributed by atoms with E-state index in [9.17, 15) is 28.8 Å². The lowest BCUT2D eigenvalue weighted by molar-refractivity contribution is -0.140. The summed E-state index contributed by atoms with van der Waals surface area (Å²) in [6.07, 6.45) is 6.59. The molecular weight excluding hydrogens is 800 g/mol. The number of carbonyl (C=O) groups is 6. The molecule has 0 bridgehead atoms. The molecule has 4 rings (SSSR count). The molecule has 7 atom stereocenters. The molecule has 0 aliphatic carbocycles. The van der Waals surface area contributed by atoms with E-state index in [1.165, 1.54) is 18.5 Å². The molecule has 2 aromatic carbocycles. The summed E-state index contributed by atoms with van der Waals surface area (Å²) in [5.41, 5.74) is 28.9. The Morgan fingerprint density at radius 1 is 0.672 bits per heavy atom. The molecule has 1 aliphatic heterocycles. The lowest BCUT2D eigenvalue weighted by atomic mass is 10.0. The third kappa shape index (κ3) is 28.2. The zero-order valence-corrected chi connectivity index (χ0v) is 34.8. The molecule has 19 N–H and O–H groups in total. The van der Waals surface area contributed by atoms with Crippen LogP contribution in [0.3, 0.4) is 0 Å². The van der Waals surface area contributed by atoms with Crippen LogP contribution in [0.5, 0.6) is 5.75 Å². The third-order valence-corrected chi connectivity index (χ3v) is 8.54. The standard InChI is InChI=1S/C9H11NO3.C9H11NO2.C6H9N3O2.C6H13NO2.C5H9NO2.C5H11NO2/c10-8(9(12)13)5-6-1-3-7(11)4-2-6;10-8(9(11)12)6-7-4-2-1-3-5-7;7-5(6(10)11)1-4-2-8-3-9-4;1-3-4(2)5(7)6(8)9;7-5(8)4-2-1-3-6-4;1-3(2)4(6)5(7)8/h1-4,8,11H,5,10H2,(H,12,13);1-5,8H,6,10H2,(H,11,12);2-3,5H,1,7H2,(H,8,9)(H,10,11);4-5H,3,7H2,1-2H3,(H,8,9);4,6H,1-3H2,(H,7,8);3-4H,6H2,1-2H3,(H,7,8)/t2*8-;5-;4-,5-;2*4-/m000000/s1. The summed E-state index contributed by atoms with van der Waals surface area (Å²) in [6, 6.07) is 11.4. The van der Waals surface area contributed by atoms with Gasteiger partial charge in [0.15, 0.2) is 0 Å². The van der Waals surface area contributed by atoms with Crippen LogP contribution in [0, 0.1) is 11.8 Å². The molecule has 0 amide bonds. The van der Waals surface area contributed by atoms with Crippen LogP contribution in [0.1, 0.15) is 63.8 Å². The number of aromatic nitrogens is 2. The molecule has 1 fully saturated rings. The summed E-state index contributed by atoms with van der Waals surface area (Å²) in [5.74, 6) is -5.29. The van der Waals surface area contributed by atoms with E-state index in [0.29, 0.717) is 6.42 Å². The predicted octanol–water partition coefficient (Wildman–Crippen LogP) is 0.673. The number of hydrogen-bond acceptors (Lipinski definition) is 14. The minimum Gasteiger partial charge on any atom is -0.508 e. The van der Waals surface area contributed by atoms with Gasteiger partial charge in [0, 0.05) is 18.3 Å². The lowest BCUT2D eigenvalue weighted by Crippen LogP contribution is -2.36. The number of phenolic OH excluding ortho intramolecular Hbond substituents is 1. The molecule has 2 heterocycles. The van der Waals surface area contributed by atoms with E-state index >= 15 is 0 Å². The number of nitrogens with two attached hydrogens (primary N) is 5. The number of imidazole rings is 1. The Labute approximate surface area is 354 Å². The number of aromatic hydroxyl groups is 1. The molecule has 61 heavy (non-hydrogen) atoms. The summed E-state index contributed by atoms with van der Waals surface area (Å²) < 4.78 is 0. The van der Waals surface area contributed by atoms with E-state index in [1.807, 2.05) is 44.2 Å². The highest BCUT2D eigenvalue weighted by Gasteiger charge is 2.20. The fraction of sp³-hybridized carbons (Fsp3) is 0.475. The van der Waals surface area contributed by atoms with Crippen molar-refractivity contribution in [1.29, 1.82) is 0 Å². The molecule has 1 aliphatic rings. The maximum Gasteiger partial charge on any atom is 0.320 e. The second-order valence-electron chi connectivity index (χ2n) is 14.0. The van der Waals surface area contributed by atoms with Crippen molar-refractivity contribution in [3.63, 3.8) is 0 Å². The number of aromatic amines is 1. The minimum atomic E-state index is -1.02. The van der Waals surface area contributed by atoms with E-state index in [-0.39, 0.29) is 36.5 Å². The Hall–Kier alpha value is -5.97. The first kappa shape index (κ1) is 57.1. The van der Waals surface area contributed by atoms with Crippen LogP contribution in [0.25, 0.3) is 0 Å². The zero-order valence-electron chi connectivity index (χ0n) is 34.8. The van der Waals surface area contributed by atoms with Gasteiger partial charge in [0.2, 0.25) is 0 Å². The van der Waals surface area contributed by atoms with Crippen LogP contribution < -0.4 is 34.0 Å². The minimum absolute atomic E-state index is 0.0208. The summed E-state index contributed by atoms with van der Waals surface area (Å²) in [4.78, 5) is 67.9. The molecule has 0 spiro atoms. The van der Waals surface area contributed by atoms with Crippen molar-refractivity contribution in [1.82, 2.24) is 15.3 Å². The SMILES string of the molecule is CC(C)[C@H](N)C(=O)O.CC[C@H](C)[C@H](N)C(=O)O.N[C@@H](Cc1ccc(O)cc1)C(=O)O.N[C@@H](Cc1ccccc1)C(=O)O.N[C@@H](Cc1cnc[nH]1)C(=O)O.O=C(O)[C@@H]1CCCN1. The van der Waals surface area contributed by atoms with Crippen LogP contribution in [0.4, 0.5) is 0 Å². The lowest BCUT2D eigenvalue weighted by Gasteiger charge is -2.11. The smallest absolute Gasteiger partial charge is 0.320 e. The Bertz CT molecular complexity index is 1680. The second-order valence-corrected chi connectivity index (χ2v) is 14.0. The number of H-pyrrole nitrogens is 1. The molecule has 21 nitrogen and oxygen atoms in total. The highest BCUT2D eigenvalue weighted by molar-refractivity contribution is 5.75. The van der Waals surface area contributed by atoms with E-state index in [2.05, 4.69) is 15.3 Å². The van der Waals surface area contributed by atoms with E-state index in [1.54, 1.807) is 32.2 Å². The van der Waals surface area contributed by atoms with Crippen LogP contribution in [-0.4, -0.2) is 124 Å². The number of rotatable bonds is 15. The van der Waals surface area contributed by atoms with Crippen LogP contribution >= 0.6 is 0 Å². The van der Waals surface area contributed by atoms with Gasteiger partial charge in [-0.2, -0.15) is 0 Å². The highest BCUT2D eigenvalue weighted by Crippen LogP contribution is 2.11. The van der Waals surface area contributed by atoms with Crippen LogP contribution in [0.15, 0.2) is 67.1 Å². The van der Waals surface area contributed by atoms with Gasteiger partial charge in [-0.1, -0.05) is 76.6 Å². The average molecular weight is 865 g/mol. The molecule has 3 aromatic rings. The number of carboxylic acids is 6.